The zero-order chi connectivity index (χ0) is 15.6. The summed E-state index contributed by atoms with van der Waals surface area (Å²) in [6.07, 6.45) is 0.929. The molecule has 0 saturated carbocycles. The van der Waals surface area contributed by atoms with E-state index in [-0.39, 0.29) is 5.78 Å². The van der Waals surface area contributed by atoms with Gasteiger partial charge < -0.3 is 0 Å². The Morgan fingerprint density at radius 1 is 0.826 bits per heavy atom. The first-order valence-electron chi connectivity index (χ1n) is 7.73. The Labute approximate surface area is 140 Å². The molecule has 0 heterocycles. The first-order valence-corrected chi connectivity index (χ1v) is 8.72. The van der Waals surface area contributed by atoms with Gasteiger partial charge in [-0.2, -0.15) is 0 Å². The molecule has 3 aromatic carbocycles. The first kappa shape index (κ1) is 14.3. The van der Waals surface area contributed by atoms with Crippen LogP contribution < -0.4 is 0 Å². The zero-order valence-corrected chi connectivity index (χ0v) is 13.5. The molecular weight excluding hydrogens is 300 g/mol. The Balaban J connectivity index is 1.53. The molecule has 0 spiro atoms. The largest absolute Gasteiger partial charge is 0.293 e. The van der Waals surface area contributed by atoms with E-state index < -0.39 is 0 Å². The van der Waals surface area contributed by atoms with Crippen LogP contribution in [-0.4, -0.2) is 11.5 Å². The van der Waals surface area contributed by atoms with E-state index in [0.717, 1.165) is 16.9 Å². The zero-order valence-electron chi connectivity index (χ0n) is 12.7. The minimum Gasteiger partial charge on any atom is -0.293 e. The van der Waals surface area contributed by atoms with Gasteiger partial charge in [0.2, 0.25) is 0 Å². The van der Waals surface area contributed by atoms with Crippen molar-refractivity contribution in [1.82, 2.24) is 0 Å². The predicted molar refractivity (Wildman–Crippen MR) is 96.2 cm³/mol. The Morgan fingerprint density at radius 2 is 1.57 bits per heavy atom. The molecule has 0 aliphatic heterocycles. The Bertz CT molecular complexity index is 868. The number of fused-ring (bicyclic) bond motifs is 3. The lowest BCUT2D eigenvalue weighted by Crippen LogP contribution is -2.03. The SMILES string of the molecule is O=C(CSc1ccccc1)c1ccc2c(c1)Cc1ccccc1-2. The smallest absolute Gasteiger partial charge is 0.173 e. The van der Waals surface area contributed by atoms with Crippen molar-refractivity contribution < 1.29 is 4.79 Å². The number of hydrogen-bond donors (Lipinski definition) is 0. The monoisotopic (exact) mass is 316 g/mol. The van der Waals surface area contributed by atoms with E-state index in [9.17, 15) is 4.79 Å². The summed E-state index contributed by atoms with van der Waals surface area (Å²) >= 11 is 1.59. The fraction of sp³-hybridized carbons (Fsp3) is 0.0952. The second-order valence-corrected chi connectivity index (χ2v) is 6.78. The average Bonchev–Trinajstić information content (AvgIpc) is 2.98. The van der Waals surface area contributed by atoms with Crippen LogP contribution in [-0.2, 0) is 6.42 Å². The molecule has 0 unspecified atom stereocenters. The third-order valence-electron chi connectivity index (χ3n) is 4.23. The summed E-state index contributed by atoms with van der Waals surface area (Å²) in [6.45, 7) is 0. The van der Waals surface area contributed by atoms with Crippen molar-refractivity contribution in [2.24, 2.45) is 0 Å². The van der Waals surface area contributed by atoms with Crippen molar-refractivity contribution in [1.29, 1.82) is 0 Å². The molecule has 0 amide bonds. The van der Waals surface area contributed by atoms with E-state index in [1.807, 2.05) is 36.4 Å². The number of benzene rings is 3. The van der Waals surface area contributed by atoms with Gasteiger partial charge in [0, 0.05) is 10.5 Å². The maximum absolute atomic E-state index is 12.5. The standard InChI is InChI=1S/C21H16OS/c22-21(14-23-18-7-2-1-3-8-18)16-10-11-20-17(13-16)12-15-6-4-5-9-19(15)20/h1-11,13H,12,14H2. The highest BCUT2D eigenvalue weighted by molar-refractivity contribution is 8.00. The van der Waals surface area contributed by atoms with Crippen LogP contribution in [0.3, 0.4) is 0 Å². The molecule has 0 saturated heterocycles. The molecule has 0 bridgehead atoms. The lowest BCUT2D eigenvalue weighted by Gasteiger charge is -2.05. The number of Topliss-reactive ketones (excluding diaryl/α,β-unsaturated/α-hetero) is 1. The van der Waals surface area contributed by atoms with Crippen LogP contribution in [0, 0.1) is 0 Å². The number of carbonyl (C=O) groups is 1. The highest BCUT2D eigenvalue weighted by Gasteiger charge is 2.19. The van der Waals surface area contributed by atoms with Gasteiger partial charge in [-0.15, -0.1) is 11.8 Å². The summed E-state index contributed by atoms with van der Waals surface area (Å²) in [7, 11) is 0. The normalized spacial score (nSPS) is 11.8. The van der Waals surface area contributed by atoms with Gasteiger partial charge in [0.15, 0.2) is 5.78 Å². The number of thioether (sulfide) groups is 1. The molecule has 0 N–H and O–H groups in total. The van der Waals surface area contributed by atoms with Gasteiger partial charge in [0.25, 0.3) is 0 Å². The average molecular weight is 316 g/mol. The second kappa shape index (κ2) is 6.05. The summed E-state index contributed by atoms with van der Waals surface area (Å²) in [5.41, 5.74) is 6.01. The second-order valence-electron chi connectivity index (χ2n) is 5.73. The third kappa shape index (κ3) is 2.82. The van der Waals surface area contributed by atoms with Gasteiger partial charge in [-0.1, -0.05) is 54.6 Å². The molecule has 0 fully saturated rings. The molecule has 3 aromatic rings. The van der Waals surface area contributed by atoms with Gasteiger partial charge in [-0.25, -0.2) is 0 Å². The molecule has 1 nitrogen and oxygen atoms in total. The summed E-state index contributed by atoms with van der Waals surface area (Å²) in [5.74, 6) is 0.674. The molecule has 0 aromatic heterocycles. The topological polar surface area (TPSA) is 17.1 Å². The number of rotatable bonds is 4. The van der Waals surface area contributed by atoms with Gasteiger partial charge in [-0.3, -0.25) is 4.79 Å². The Kier molecular flexibility index (Phi) is 3.76. The Morgan fingerprint density at radius 3 is 2.43 bits per heavy atom. The fourth-order valence-electron chi connectivity index (χ4n) is 3.07. The van der Waals surface area contributed by atoms with E-state index in [0.29, 0.717) is 5.75 Å². The number of carbonyl (C=O) groups excluding carboxylic acids is 1. The van der Waals surface area contributed by atoms with E-state index in [4.69, 9.17) is 0 Å². The minimum absolute atomic E-state index is 0.192. The molecule has 0 atom stereocenters. The molecule has 23 heavy (non-hydrogen) atoms. The van der Waals surface area contributed by atoms with Crippen molar-refractivity contribution in [3.63, 3.8) is 0 Å². The van der Waals surface area contributed by atoms with Crippen LogP contribution in [0.2, 0.25) is 0 Å². The molecule has 1 aliphatic carbocycles. The van der Waals surface area contributed by atoms with Crippen molar-refractivity contribution in [2.75, 3.05) is 5.75 Å². The molecule has 4 rings (SSSR count). The van der Waals surface area contributed by atoms with Crippen LogP contribution in [0.1, 0.15) is 21.5 Å². The van der Waals surface area contributed by atoms with Crippen molar-refractivity contribution in [3.8, 4) is 11.1 Å². The molecule has 2 heteroatoms. The number of ketones is 1. The van der Waals surface area contributed by atoms with Crippen LogP contribution in [0.4, 0.5) is 0 Å². The van der Waals surface area contributed by atoms with E-state index in [1.54, 1.807) is 11.8 Å². The van der Waals surface area contributed by atoms with Crippen molar-refractivity contribution >= 4 is 17.5 Å². The van der Waals surface area contributed by atoms with Crippen molar-refractivity contribution in [2.45, 2.75) is 11.3 Å². The summed E-state index contributed by atoms with van der Waals surface area (Å²) in [4.78, 5) is 13.6. The first-order chi connectivity index (χ1) is 11.3. The lowest BCUT2D eigenvalue weighted by molar-refractivity contribution is 0.102. The maximum atomic E-state index is 12.5. The van der Waals surface area contributed by atoms with E-state index >= 15 is 0 Å². The molecule has 112 valence electrons. The third-order valence-corrected chi connectivity index (χ3v) is 5.24. The molecule has 0 radical (unpaired) electrons. The van der Waals surface area contributed by atoms with Crippen LogP contribution in [0.15, 0.2) is 77.7 Å². The number of hydrogen-bond acceptors (Lipinski definition) is 2. The van der Waals surface area contributed by atoms with Crippen molar-refractivity contribution in [3.05, 3.63) is 89.5 Å². The highest BCUT2D eigenvalue weighted by atomic mass is 32.2. The van der Waals surface area contributed by atoms with Gasteiger partial charge in [0.1, 0.15) is 0 Å². The highest BCUT2D eigenvalue weighted by Crippen LogP contribution is 2.36. The summed E-state index contributed by atoms with van der Waals surface area (Å²) < 4.78 is 0. The van der Waals surface area contributed by atoms with Gasteiger partial charge in [-0.05, 0) is 46.9 Å². The van der Waals surface area contributed by atoms with Gasteiger partial charge >= 0.3 is 0 Å². The van der Waals surface area contributed by atoms with Gasteiger partial charge in [0.05, 0.1) is 5.75 Å². The molecule has 1 aliphatic rings. The quantitative estimate of drug-likeness (QED) is 0.379. The summed E-state index contributed by atoms with van der Waals surface area (Å²) in [6, 6.07) is 24.7. The lowest BCUT2D eigenvalue weighted by atomic mass is 10.0. The van der Waals surface area contributed by atoms with Crippen LogP contribution in [0.5, 0.6) is 0 Å². The van der Waals surface area contributed by atoms with E-state index in [1.165, 1.54) is 22.3 Å². The summed E-state index contributed by atoms with van der Waals surface area (Å²) in [5, 5.41) is 0. The molecular formula is C21H16OS. The van der Waals surface area contributed by atoms with E-state index in [2.05, 4.69) is 36.4 Å². The van der Waals surface area contributed by atoms with Crippen LogP contribution >= 0.6 is 11.8 Å². The van der Waals surface area contributed by atoms with Crippen LogP contribution in [0.25, 0.3) is 11.1 Å². The maximum Gasteiger partial charge on any atom is 0.173 e. The minimum atomic E-state index is 0.192. The predicted octanol–water partition coefficient (Wildman–Crippen LogP) is 5.23. The Hall–Kier alpha value is -2.32. The fourth-order valence-corrected chi connectivity index (χ4v) is 3.88.